The molecule has 284 valence electrons. The number of benzene rings is 3. The fourth-order valence-electron chi connectivity index (χ4n) is 6.28. The number of esters is 2. The van der Waals surface area contributed by atoms with Gasteiger partial charge in [-0.15, -0.1) is 0 Å². The van der Waals surface area contributed by atoms with Crippen molar-refractivity contribution in [1.82, 2.24) is 4.72 Å². The lowest BCUT2D eigenvalue weighted by Crippen LogP contribution is -2.29. The molecule has 2 unspecified atom stereocenters. The third-order valence-corrected chi connectivity index (χ3v) is 10.6. The van der Waals surface area contributed by atoms with Crippen molar-refractivity contribution in [3.05, 3.63) is 86.5 Å². The largest absolute Gasteiger partial charge is 0.482 e. The van der Waals surface area contributed by atoms with Gasteiger partial charge in [-0.25, -0.2) is 22.7 Å². The maximum Gasteiger partial charge on any atom is 0.344 e. The van der Waals surface area contributed by atoms with Gasteiger partial charge in [-0.05, 0) is 161 Å². The van der Waals surface area contributed by atoms with Crippen LogP contribution in [0.25, 0.3) is 0 Å². The minimum atomic E-state index is -3.66. The van der Waals surface area contributed by atoms with E-state index in [1.54, 1.807) is 24.3 Å². The molecule has 0 fully saturated rings. The van der Waals surface area contributed by atoms with E-state index in [1.165, 1.54) is 0 Å². The Morgan fingerprint density at radius 1 is 0.731 bits per heavy atom. The maximum atomic E-state index is 13.0. The molecule has 0 aromatic heterocycles. The highest BCUT2D eigenvalue weighted by molar-refractivity contribution is 14.1. The molecule has 0 radical (unpaired) electrons. The van der Waals surface area contributed by atoms with Crippen LogP contribution < -0.4 is 19.9 Å². The van der Waals surface area contributed by atoms with E-state index in [4.69, 9.17) is 24.7 Å². The van der Waals surface area contributed by atoms with Gasteiger partial charge in [0.25, 0.3) is 0 Å². The second-order valence-corrected chi connectivity index (χ2v) is 18.1. The van der Waals surface area contributed by atoms with Gasteiger partial charge in [0.1, 0.15) is 22.7 Å². The highest BCUT2D eigenvalue weighted by Gasteiger charge is 2.27. The van der Waals surface area contributed by atoms with Crippen LogP contribution in [-0.4, -0.2) is 44.8 Å². The van der Waals surface area contributed by atoms with Crippen molar-refractivity contribution in [2.24, 2.45) is 5.73 Å². The molecule has 52 heavy (non-hydrogen) atoms. The fourth-order valence-corrected chi connectivity index (χ4v) is 7.89. The Labute approximate surface area is 322 Å². The molecule has 12 heteroatoms. The zero-order valence-electron chi connectivity index (χ0n) is 31.1. The number of hydrogen-bond acceptors (Lipinski definition) is 9. The molecule has 3 N–H and O–H groups in total. The first kappa shape index (κ1) is 41.6. The van der Waals surface area contributed by atoms with Crippen molar-refractivity contribution < 1.29 is 37.0 Å². The third-order valence-electron chi connectivity index (χ3n) is 8.43. The van der Waals surface area contributed by atoms with Crippen molar-refractivity contribution in [2.75, 3.05) is 13.2 Å². The number of rotatable bonds is 9. The van der Waals surface area contributed by atoms with Crippen molar-refractivity contribution >= 4 is 44.6 Å². The summed E-state index contributed by atoms with van der Waals surface area (Å²) in [6, 6.07) is 18.0. The van der Waals surface area contributed by atoms with E-state index in [0.717, 1.165) is 76.5 Å². The van der Waals surface area contributed by atoms with Crippen LogP contribution in [0.1, 0.15) is 114 Å². The van der Waals surface area contributed by atoms with Crippen LogP contribution in [0, 0.1) is 3.57 Å². The monoisotopic (exact) mass is 848 g/mol. The molecule has 2 aliphatic rings. The smallest absolute Gasteiger partial charge is 0.344 e. The predicted molar refractivity (Wildman–Crippen MR) is 210 cm³/mol. The Kier molecular flexibility index (Phi) is 14.6. The zero-order chi connectivity index (χ0) is 38.1. The molecule has 5 rings (SSSR count). The first-order chi connectivity index (χ1) is 24.4. The second-order valence-electron chi connectivity index (χ2n) is 15.1. The molecule has 0 aliphatic heterocycles. The van der Waals surface area contributed by atoms with E-state index in [0.29, 0.717) is 12.2 Å². The zero-order valence-corrected chi connectivity index (χ0v) is 34.1. The SMILES string of the molecule is CC(C)(C)OC(=O)COc1cccc2c1CCCCC2N.CC(C)(C)OC(=O)COc1cccc2c1CCCCC2NS(=O)(=O)c1ccc(I)cc1. The van der Waals surface area contributed by atoms with Gasteiger partial charge in [0.05, 0.1) is 4.90 Å². The summed E-state index contributed by atoms with van der Waals surface area (Å²) >= 11 is 2.15. The molecule has 2 aliphatic carbocycles. The van der Waals surface area contributed by atoms with Crippen molar-refractivity contribution in [3.8, 4) is 11.5 Å². The van der Waals surface area contributed by atoms with Crippen molar-refractivity contribution in [1.29, 1.82) is 0 Å². The molecule has 0 heterocycles. The van der Waals surface area contributed by atoms with E-state index in [-0.39, 0.29) is 36.2 Å². The lowest BCUT2D eigenvalue weighted by atomic mass is 9.99. The molecule has 0 spiro atoms. The van der Waals surface area contributed by atoms with Crippen molar-refractivity contribution in [3.63, 3.8) is 0 Å². The summed E-state index contributed by atoms with van der Waals surface area (Å²) in [6.07, 6.45) is 7.46. The Morgan fingerprint density at radius 3 is 1.73 bits per heavy atom. The molecule has 0 saturated heterocycles. The van der Waals surface area contributed by atoms with Crippen LogP contribution in [0.15, 0.2) is 65.6 Å². The molecule has 3 aromatic carbocycles. The average molecular weight is 849 g/mol. The molecule has 0 amide bonds. The Hall–Kier alpha value is -3.20. The number of hydrogen-bond donors (Lipinski definition) is 2. The number of halogens is 1. The average Bonchev–Trinajstić information content (AvgIpc) is 3.37. The first-order valence-corrected chi connectivity index (χ1v) is 20.4. The summed E-state index contributed by atoms with van der Waals surface area (Å²) in [4.78, 5) is 24.1. The summed E-state index contributed by atoms with van der Waals surface area (Å²) in [5.74, 6) is 0.576. The molecule has 3 aromatic rings. The Balaban J connectivity index is 0.000000251. The summed E-state index contributed by atoms with van der Waals surface area (Å²) in [6.45, 7) is 10.7. The van der Waals surface area contributed by atoms with E-state index in [9.17, 15) is 18.0 Å². The summed E-state index contributed by atoms with van der Waals surface area (Å²) in [5, 5.41) is 0. The molecule has 10 nitrogen and oxygen atoms in total. The molecular weight excluding hydrogens is 795 g/mol. The van der Waals surface area contributed by atoms with E-state index in [2.05, 4.69) is 33.4 Å². The lowest BCUT2D eigenvalue weighted by molar-refractivity contribution is -0.158. The number of ether oxygens (including phenoxy) is 4. The maximum absolute atomic E-state index is 13.0. The van der Waals surface area contributed by atoms with Gasteiger partial charge in [0.15, 0.2) is 13.2 Å². The number of sulfonamides is 1. The molecule has 0 saturated carbocycles. The predicted octanol–water partition coefficient (Wildman–Crippen LogP) is 7.89. The van der Waals surface area contributed by atoms with Gasteiger partial charge in [-0.2, -0.15) is 0 Å². The van der Waals surface area contributed by atoms with E-state index in [1.807, 2.05) is 71.9 Å². The van der Waals surface area contributed by atoms with Gasteiger partial charge >= 0.3 is 11.9 Å². The Bertz CT molecular complexity index is 1780. The van der Waals surface area contributed by atoms with Crippen LogP contribution in [-0.2, 0) is 41.9 Å². The Morgan fingerprint density at radius 2 is 1.21 bits per heavy atom. The number of carbonyl (C=O) groups is 2. The highest BCUT2D eigenvalue weighted by atomic mass is 127. The normalized spacial score (nSPS) is 17.5. The second kappa shape index (κ2) is 18.2. The van der Waals surface area contributed by atoms with Crippen LogP contribution in [0.5, 0.6) is 11.5 Å². The van der Waals surface area contributed by atoms with E-state index < -0.39 is 27.2 Å². The quantitative estimate of drug-likeness (QED) is 0.125. The lowest BCUT2D eigenvalue weighted by Gasteiger charge is -2.22. The summed E-state index contributed by atoms with van der Waals surface area (Å²) < 4.78 is 51.8. The molecular formula is C40H53IN2O8S. The van der Waals surface area contributed by atoms with Crippen LogP contribution in [0.4, 0.5) is 0 Å². The minimum Gasteiger partial charge on any atom is -0.482 e. The molecule has 2 atom stereocenters. The van der Waals surface area contributed by atoms with Gasteiger partial charge in [-0.1, -0.05) is 37.1 Å². The van der Waals surface area contributed by atoms with Crippen LogP contribution in [0.2, 0.25) is 0 Å². The minimum absolute atomic E-state index is 0.0626. The summed E-state index contributed by atoms with van der Waals surface area (Å²) in [7, 11) is -3.66. The standard InChI is InChI=1S/C23H28INO5S.C17H25NO3/c1-23(2,3)30-22(26)15-29-21-10-6-8-18-19(21)7-4-5-9-20(18)25-31(27,28)17-13-11-16(24)12-14-17;1-17(2,3)21-16(19)11-20-15-10-6-8-12-13(15)7-4-5-9-14(12)18/h6,8,10-14,20,25H,4-5,7,9,15H2,1-3H3;6,8,10,14H,4-5,7,9,11,18H2,1-3H3. The number of nitrogens with one attached hydrogen (secondary N) is 1. The highest BCUT2D eigenvalue weighted by Crippen LogP contribution is 2.36. The van der Waals surface area contributed by atoms with Gasteiger partial charge in [0, 0.05) is 15.7 Å². The van der Waals surface area contributed by atoms with Gasteiger partial charge in [0.2, 0.25) is 10.0 Å². The van der Waals surface area contributed by atoms with Gasteiger partial charge < -0.3 is 24.7 Å². The van der Waals surface area contributed by atoms with E-state index >= 15 is 0 Å². The van der Waals surface area contributed by atoms with Gasteiger partial charge in [-0.3, -0.25) is 0 Å². The number of carbonyl (C=O) groups excluding carboxylic acids is 2. The summed E-state index contributed by atoms with van der Waals surface area (Å²) in [5.41, 5.74) is 9.27. The number of fused-ring (bicyclic) bond motifs is 2. The van der Waals surface area contributed by atoms with Crippen LogP contribution in [0.3, 0.4) is 0 Å². The van der Waals surface area contributed by atoms with Crippen LogP contribution >= 0.6 is 22.6 Å². The third kappa shape index (κ3) is 12.7. The topological polar surface area (TPSA) is 143 Å². The first-order valence-electron chi connectivity index (χ1n) is 17.9. The fraction of sp³-hybridized carbons (Fsp3) is 0.500. The number of nitrogens with two attached hydrogens (primary N) is 1. The van der Waals surface area contributed by atoms with Crippen molar-refractivity contribution in [2.45, 2.75) is 121 Å². The molecule has 0 bridgehead atoms.